The van der Waals surface area contributed by atoms with Crippen molar-refractivity contribution in [2.45, 2.75) is 5.82 Å². The average Bonchev–Trinajstić information content (AvgIpc) is 1.38. The van der Waals surface area contributed by atoms with Crippen molar-refractivity contribution in [3.8, 4) is 0 Å². The van der Waals surface area contributed by atoms with E-state index < -0.39 is 0 Å². The van der Waals surface area contributed by atoms with Crippen LogP contribution in [-0.2, 0) is 0 Å². The van der Waals surface area contributed by atoms with Gasteiger partial charge in [0.2, 0.25) is 0 Å². The fourth-order valence-electron chi connectivity index (χ4n) is 0. The molecule has 0 bridgehead atoms. The van der Waals surface area contributed by atoms with Crippen LogP contribution >= 0.6 is 6.61 Å². The molecule has 0 unspecified atom stereocenters. The first-order chi connectivity index (χ1) is 2.27. The van der Waals surface area contributed by atoms with Gasteiger partial charge >= 0.3 is 40.3 Å². The molecule has 0 heterocycles. The van der Waals surface area contributed by atoms with Gasteiger partial charge in [-0.15, -0.1) is 0 Å². The Morgan fingerprint density at radius 1 is 1.40 bits per heavy atom. The number of rotatable bonds is 1. The third-order valence-electron chi connectivity index (χ3n) is 0.365. The summed E-state index contributed by atoms with van der Waals surface area (Å²) in [5, 5.41) is 0. The van der Waals surface area contributed by atoms with E-state index in [9.17, 15) is 0 Å². The van der Waals surface area contributed by atoms with Crippen LogP contribution in [0.4, 0.5) is 0 Å². The third kappa shape index (κ3) is 4.95. The molecular weight excluding hydrogens is 146 g/mol. The molecule has 0 aliphatic heterocycles. The van der Waals surface area contributed by atoms with E-state index in [1.165, 1.54) is 0 Å². The van der Waals surface area contributed by atoms with E-state index in [0.717, 1.165) is 14.5 Å². The predicted molar refractivity (Wildman–Crippen MR) is 30.4 cm³/mol. The minimum atomic E-state index is 0.464. The summed E-state index contributed by atoms with van der Waals surface area (Å²) in [7, 11) is 0. The van der Waals surface area contributed by atoms with E-state index in [0.29, 0.717) is 6.61 Å². The van der Waals surface area contributed by atoms with E-state index in [2.05, 4.69) is 19.2 Å². The minimum absolute atomic E-state index is 0.464. The van der Waals surface area contributed by atoms with Crippen molar-refractivity contribution in [3.05, 3.63) is 0 Å². The molecule has 32 valence electrons. The van der Waals surface area contributed by atoms with Gasteiger partial charge in [0.05, 0.1) is 0 Å². The number of hydrogen-bond donors (Lipinski definition) is 0. The van der Waals surface area contributed by atoms with E-state index >= 15 is 0 Å². The SMILES string of the molecule is C[Se]P(C)C. The molecule has 5 heavy (non-hydrogen) atoms. The quantitative estimate of drug-likeness (QED) is 0.396. The summed E-state index contributed by atoms with van der Waals surface area (Å²) in [5.41, 5.74) is 0. The zero-order chi connectivity index (χ0) is 4.28. The Bertz CT molecular complexity index is 20.9. The van der Waals surface area contributed by atoms with Crippen LogP contribution in [0.3, 0.4) is 0 Å². The van der Waals surface area contributed by atoms with Crippen LogP contribution in [0, 0.1) is 0 Å². The fraction of sp³-hybridized carbons (Fsp3) is 1.00. The summed E-state index contributed by atoms with van der Waals surface area (Å²) in [4.78, 5) is 0. The number of hydrogen-bond acceptors (Lipinski definition) is 0. The van der Waals surface area contributed by atoms with Crippen molar-refractivity contribution < 1.29 is 0 Å². The van der Waals surface area contributed by atoms with E-state index in [1.54, 1.807) is 0 Å². The van der Waals surface area contributed by atoms with Gasteiger partial charge in [0.25, 0.3) is 0 Å². The van der Waals surface area contributed by atoms with Gasteiger partial charge in [0.15, 0.2) is 0 Å². The van der Waals surface area contributed by atoms with Crippen molar-refractivity contribution in [2.24, 2.45) is 0 Å². The van der Waals surface area contributed by atoms with E-state index in [-0.39, 0.29) is 0 Å². The van der Waals surface area contributed by atoms with E-state index in [1.807, 2.05) is 0 Å². The molecule has 0 radical (unpaired) electrons. The molecule has 0 nitrogen and oxygen atoms in total. The van der Waals surface area contributed by atoms with Crippen molar-refractivity contribution in [1.82, 2.24) is 0 Å². The fourth-order valence-corrected chi connectivity index (χ4v) is 0. The first-order valence-electron chi connectivity index (χ1n) is 1.49. The summed E-state index contributed by atoms with van der Waals surface area (Å²) in [5.74, 6) is 2.29. The standard InChI is InChI=1S/C3H9PSe/c1-4(2)5-3/h1-3H3. The van der Waals surface area contributed by atoms with Gasteiger partial charge in [-0.1, -0.05) is 0 Å². The van der Waals surface area contributed by atoms with Gasteiger partial charge in [-0.05, 0) is 0 Å². The van der Waals surface area contributed by atoms with Gasteiger partial charge in [0, 0.05) is 0 Å². The van der Waals surface area contributed by atoms with Crippen molar-refractivity contribution in [2.75, 3.05) is 13.3 Å². The Hall–Kier alpha value is 0.949. The topological polar surface area (TPSA) is 0 Å². The Morgan fingerprint density at radius 3 is 1.60 bits per heavy atom. The maximum atomic E-state index is 2.31. The summed E-state index contributed by atoms with van der Waals surface area (Å²) < 4.78 is 0. The third-order valence-corrected chi connectivity index (χ3v) is 5.69. The molecule has 0 amide bonds. The second-order valence-electron chi connectivity index (χ2n) is 0.995. The van der Waals surface area contributed by atoms with Crippen LogP contribution < -0.4 is 0 Å². The second-order valence-corrected chi connectivity index (χ2v) is 9.88. The summed E-state index contributed by atoms with van der Waals surface area (Å²) in [6.45, 7) is 5.09. The molecule has 2 heteroatoms. The van der Waals surface area contributed by atoms with Gasteiger partial charge in [-0.25, -0.2) is 0 Å². The van der Waals surface area contributed by atoms with Crippen LogP contribution in [0.25, 0.3) is 0 Å². The molecule has 0 aromatic carbocycles. The van der Waals surface area contributed by atoms with Gasteiger partial charge in [-0.2, -0.15) is 0 Å². The molecule has 0 aliphatic carbocycles. The molecule has 0 aromatic heterocycles. The zero-order valence-electron chi connectivity index (χ0n) is 3.86. The maximum absolute atomic E-state index is 2.31. The molecule has 0 aliphatic rings. The summed E-state index contributed by atoms with van der Waals surface area (Å²) in [6.07, 6.45) is 0. The molecular formula is C3H9PSe. The first-order valence-corrected chi connectivity index (χ1v) is 7.65. The van der Waals surface area contributed by atoms with Crippen molar-refractivity contribution in [3.63, 3.8) is 0 Å². The Balaban J connectivity index is 2.54. The summed E-state index contributed by atoms with van der Waals surface area (Å²) >= 11 is 0.940. The molecule has 0 fully saturated rings. The Labute approximate surface area is 40.9 Å². The Kier molecular flexibility index (Phi) is 3.75. The predicted octanol–water partition coefficient (Wildman–Crippen LogP) is 1.40. The normalized spacial score (nSPS) is 9.60. The van der Waals surface area contributed by atoms with E-state index in [4.69, 9.17) is 0 Å². The molecule has 0 N–H and O–H groups in total. The second kappa shape index (κ2) is 3.15. The monoisotopic (exact) mass is 156 g/mol. The molecule has 0 atom stereocenters. The van der Waals surface area contributed by atoms with Gasteiger partial charge in [-0.3, -0.25) is 0 Å². The van der Waals surface area contributed by atoms with Crippen LogP contribution in [0.2, 0.25) is 5.82 Å². The molecule has 0 spiro atoms. The van der Waals surface area contributed by atoms with Crippen LogP contribution in [0.1, 0.15) is 0 Å². The first kappa shape index (κ1) is 5.95. The van der Waals surface area contributed by atoms with Gasteiger partial charge < -0.3 is 0 Å². The molecule has 0 saturated heterocycles. The average molecular weight is 155 g/mol. The van der Waals surface area contributed by atoms with Crippen molar-refractivity contribution >= 4 is 21.1 Å². The summed E-state index contributed by atoms with van der Waals surface area (Å²) in [6, 6.07) is 0. The Morgan fingerprint density at radius 2 is 1.60 bits per heavy atom. The zero-order valence-corrected chi connectivity index (χ0v) is 6.46. The van der Waals surface area contributed by atoms with Crippen LogP contribution in [0.15, 0.2) is 0 Å². The van der Waals surface area contributed by atoms with Crippen LogP contribution in [-0.4, -0.2) is 27.8 Å². The molecule has 0 rings (SSSR count). The van der Waals surface area contributed by atoms with Crippen molar-refractivity contribution in [1.29, 1.82) is 0 Å². The van der Waals surface area contributed by atoms with Gasteiger partial charge in [0.1, 0.15) is 0 Å². The van der Waals surface area contributed by atoms with Crippen LogP contribution in [0.5, 0.6) is 0 Å². The molecule has 0 saturated carbocycles. The molecule has 0 aromatic rings.